The van der Waals surface area contributed by atoms with Crippen molar-refractivity contribution >= 4 is 11.4 Å². The summed E-state index contributed by atoms with van der Waals surface area (Å²) in [4.78, 5) is 10.0. The predicted octanol–water partition coefficient (Wildman–Crippen LogP) is 2.67. The van der Waals surface area contributed by atoms with E-state index >= 15 is 0 Å². The van der Waals surface area contributed by atoms with Crippen molar-refractivity contribution in [2.75, 3.05) is 5.73 Å². The Bertz CT molecular complexity index is 598. The van der Waals surface area contributed by atoms with Gasteiger partial charge in [-0.25, -0.2) is 0 Å². The van der Waals surface area contributed by atoms with Crippen LogP contribution in [0.15, 0.2) is 42.5 Å². The lowest BCUT2D eigenvalue weighted by molar-refractivity contribution is -0.383. The average Bonchev–Trinajstić information content (AvgIpc) is 2.28. The zero-order valence-electron chi connectivity index (χ0n) is 9.24. The van der Waals surface area contributed by atoms with Crippen molar-refractivity contribution in [3.05, 3.63) is 52.6 Å². The summed E-state index contributed by atoms with van der Waals surface area (Å²) in [5, 5.41) is 19.9. The normalized spacial score (nSPS) is 10.0. The molecule has 0 aliphatic rings. The summed E-state index contributed by atoms with van der Waals surface area (Å²) in [6.07, 6.45) is 0. The van der Waals surface area contributed by atoms with E-state index in [9.17, 15) is 15.2 Å². The number of ether oxygens (including phenoxy) is 1. The first-order chi connectivity index (χ1) is 8.56. The summed E-state index contributed by atoms with van der Waals surface area (Å²) in [7, 11) is 0. The highest BCUT2D eigenvalue weighted by Gasteiger charge is 2.11. The van der Waals surface area contributed by atoms with Gasteiger partial charge in [-0.3, -0.25) is 10.1 Å². The van der Waals surface area contributed by atoms with Crippen LogP contribution in [-0.2, 0) is 0 Å². The van der Waals surface area contributed by atoms with Gasteiger partial charge in [0.25, 0.3) is 5.69 Å². The molecule has 92 valence electrons. The largest absolute Gasteiger partial charge is 0.508 e. The second kappa shape index (κ2) is 4.62. The zero-order chi connectivity index (χ0) is 13.1. The molecular weight excluding hydrogens is 236 g/mol. The molecular formula is C12H10N2O4. The van der Waals surface area contributed by atoms with E-state index in [4.69, 9.17) is 10.5 Å². The van der Waals surface area contributed by atoms with Gasteiger partial charge >= 0.3 is 0 Å². The number of aromatic hydroxyl groups is 1. The van der Waals surface area contributed by atoms with Crippen molar-refractivity contribution in [1.29, 1.82) is 0 Å². The molecule has 6 nitrogen and oxygen atoms in total. The van der Waals surface area contributed by atoms with Crippen LogP contribution in [0, 0.1) is 10.1 Å². The highest BCUT2D eigenvalue weighted by molar-refractivity contribution is 5.61. The number of phenolic OH excluding ortho intramolecular Hbond substituents is 1. The topological polar surface area (TPSA) is 98.6 Å². The number of anilines is 1. The van der Waals surface area contributed by atoms with E-state index in [0.29, 0.717) is 11.5 Å². The van der Waals surface area contributed by atoms with E-state index in [1.165, 1.54) is 30.3 Å². The number of benzene rings is 2. The quantitative estimate of drug-likeness (QED) is 0.492. The molecule has 0 saturated heterocycles. The van der Waals surface area contributed by atoms with Crippen LogP contribution in [0.25, 0.3) is 0 Å². The van der Waals surface area contributed by atoms with Crippen LogP contribution < -0.4 is 10.5 Å². The average molecular weight is 246 g/mol. The lowest BCUT2D eigenvalue weighted by atomic mass is 10.2. The van der Waals surface area contributed by atoms with Crippen molar-refractivity contribution in [3.63, 3.8) is 0 Å². The zero-order valence-corrected chi connectivity index (χ0v) is 9.24. The van der Waals surface area contributed by atoms with Crippen molar-refractivity contribution in [1.82, 2.24) is 0 Å². The second-order valence-corrected chi connectivity index (χ2v) is 3.58. The van der Waals surface area contributed by atoms with Gasteiger partial charge in [0.05, 0.1) is 4.92 Å². The monoisotopic (exact) mass is 246 g/mol. The molecule has 3 N–H and O–H groups in total. The van der Waals surface area contributed by atoms with Gasteiger partial charge in [-0.1, -0.05) is 6.07 Å². The van der Waals surface area contributed by atoms with E-state index in [1.54, 1.807) is 12.1 Å². The van der Waals surface area contributed by atoms with E-state index < -0.39 is 4.92 Å². The molecule has 0 fully saturated rings. The lowest BCUT2D eigenvalue weighted by Crippen LogP contribution is -1.95. The molecule has 2 aromatic carbocycles. The minimum atomic E-state index is -0.562. The fourth-order valence-corrected chi connectivity index (χ4v) is 1.45. The van der Waals surface area contributed by atoms with Gasteiger partial charge in [-0.2, -0.15) is 0 Å². The third-order valence-corrected chi connectivity index (χ3v) is 2.25. The number of nitro benzene ring substituents is 1. The molecule has 0 aromatic heterocycles. The first kappa shape index (κ1) is 11.7. The Labute approximate surface area is 102 Å². The second-order valence-electron chi connectivity index (χ2n) is 3.58. The molecule has 0 bridgehead atoms. The minimum absolute atomic E-state index is 0.0256. The van der Waals surface area contributed by atoms with Gasteiger partial charge in [0, 0.05) is 18.2 Å². The summed E-state index contributed by atoms with van der Waals surface area (Å²) >= 11 is 0. The fourth-order valence-electron chi connectivity index (χ4n) is 1.45. The standard InChI is InChI=1S/C12H10N2O4/c13-11-7-10(4-5-12(11)14(16)17)18-9-3-1-2-8(15)6-9/h1-7,15H,13H2. The molecule has 6 heteroatoms. The minimum Gasteiger partial charge on any atom is -0.508 e. The number of nitrogens with zero attached hydrogens (tertiary/aromatic N) is 1. The van der Waals surface area contributed by atoms with Gasteiger partial charge in [0.1, 0.15) is 22.9 Å². The summed E-state index contributed by atoms with van der Waals surface area (Å²) in [5.41, 5.74) is 5.39. The number of hydrogen-bond donors (Lipinski definition) is 2. The number of nitrogen functional groups attached to an aromatic ring is 1. The lowest BCUT2D eigenvalue weighted by Gasteiger charge is -2.06. The SMILES string of the molecule is Nc1cc(Oc2cccc(O)c2)ccc1[N+](=O)[O-]. The first-order valence-electron chi connectivity index (χ1n) is 5.07. The maximum atomic E-state index is 10.6. The van der Waals surface area contributed by atoms with Gasteiger partial charge in [-0.05, 0) is 18.2 Å². The molecule has 0 aliphatic heterocycles. The first-order valence-corrected chi connectivity index (χ1v) is 5.07. The molecule has 2 aromatic rings. The summed E-state index contributed by atoms with van der Waals surface area (Å²) in [5.74, 6) is 0.856. The number of nitrogens with two attached hydrogens (primary N) is 1. The maximum absolute atomic E-state index is 10.6. The van der Waals surface area contributed by atoms with Crippen molar-refractivity contribution < 1.29 is 14.8 Å². The van der Waals surface area contributed by atoms with E-state index in [1.807, 2.05) is 0 Å². The van der Waals surface area contributed by atoms with Gasteiger partial charge in [-0.15, -0.1) is 0 Å². The summed E-state index contributed by atoms with van der Waals surface area (Å²) in [6.45, 7) is 0. The third kappa shape index (κ3) is 2.49. The van der Waals surface area contributed by atoms with E-state index in [0.717, 1.165) is 0 Å². The smallest absolute Gasteiger partial charge is 0.292 e. The van der Waals surface area contributed by atoms with Crippen LogP contribution in [-0.4, -0.2) is 10.0 Å². The predicted molar refractivity (Wildman–Crippen MR) is 65.7 cm³/mol. The fraction of sp³-hybridized carbons (Fsp3) is 0. The molecule has 0 saturated carbocycles. The molecule has 0 heterocycles. The summed E-state index contributed by atoms with van der Waals surface area (Å²) < 4.78 is 5.41. The van der Waals surface area contributed by atoms with Gasteiger partial charge < -0.3 is 15.6 Å². The van der Waals surface area contributed by atoms with Gasteiger partial charge in [0.15, 0.2) is 0 Å². The van der Waals surface area contributed by atoms with E-state index in [-0.39, 0.29) is 17.1 Å². The van der Waals surface area contributed by atoms with Crippen molar-refractivity contribution in [3.8, 4) is 17.2 Å². The Hall–Kier alpha value is -2.76. The molecule has 0 amide bonds. The Morgan fingerprint density at radius 3 is 2.50 bits per heavy atom. The molecule has 0 aliphatic carbocycles. The molecule has 2 rings (SSSR count). The Morgan fingerprint density at radius 1 is 1.17 bits per heavy atom. The van der Waals surface area contributed by atoms with E-state index in [2.05, 4.69) is 0 Å². The van der Waals surface area contributed by atoms with Crippen LogP contribution in [0.3, 0.4) is 0 Å². The Kier molecular flexibility index (Phi) is 3.01. The van der Waals surface area contributed by atoms with Crippen LogP contribution in [0.5, 0.6) is 17.2 Å². The van der Waals surface area contributed by atoms with Crippen LogP contribution in [0.1, 0.15) is 0 Å². The number of hydrogen-bond acceptors (Lipinski definition) is 5. The molecule has 0 atom stereocenters. The number of nitro groups is 1. The summed E-state index contributed by atoms with van der Waals surface area (Å²) in [6, 6.07) is 10.3. The van der Waals surface area contributed by atoms with Crippen LogP contribution in [0.2, 0.25) is 0 Å². The third-order valence-electron chi connectivity index (χ3n) is 2.25. The highest BCUT2D eigenvalue weighted by atomic mass is 16.6. The van der Waals surface area contributed by atoms with Crippen LogP contribution in [0.4, 0.5) is 11.4 Å². The Balaban J connectivity index is 2.25. The highest BCUT2D eigenvalue weighted by Crippen LogP contribution is 2.30. The molecule has 0 radical (unpaired) electrons. The molecule has 0 spiro atoms. The van der Waals surface area contributed by atoms with Crippen LogP contribution >= 0.6 is 0 Å². The van der Waals surface area contributed by atoms with Crippen molar-refractivity contribution in [2.24, 2.45) is 0 Å². The van der Waals surface area contributed by atoms with Gasteiger partial charge in [0.2, 0.25) is 0 Å². The molecule has 0 unspecified atom stereocenters. The Morgan fingerprint density at radius 2 is 1.89 bits per heavy atom. The number of phenols is 1. The van der Waals surface area contributed by atoms with Crippen molar-refractivity contribution in [2.45, 2.75) is 0 Å². The maximum Gasteiger partial charge on any atom is 0.292 e. The number of rotatable bonds is 3. The molecule has 18 heavy (non-hydrogen) atoms.